The molecule has 0 spiro atoms. The number of hydrogen-bond donors (Lipinski definition) is 3. The van der Waals surface area contributed by atoms with Crippen LogP contribution in [-0.2, 0) is 0 Å². The number of hydrogen-bond acceptors (Lipinski definition) is 2. The summed E-state index contributed by atoms with van der Waals surface area (Å²) < 4.78 is 0. The van der Waals surface area contributed by atoms with Gasteiger partial charge in [0, 0.05) is 28.6 Å². The first-order chi connectivity index (χ1) is 10.2. The zero-order chi connectivity index (χ0) is 14.8. The number of nitrogens with one attached hydrogen (secondary N) is 2. The Morgan fingerprint density at radius 2 is 2.05 bits per heavy atom. The SMILES string of the molecule is O=C(NC1CCC(CO)CC1)c1cc2cc(Cl)ccc2[nH]1. The molecule has 112 valence electrons. The summed E-state index contributed by atoms with van der Waals surface area (Å²) >= 11 is 5.96. The Labute approximate surface area is 128 Å². The van der Waals surface area contributed by atoms with Crippen molar-refractivity contribution >= 4 is 28.4 Å². The van der Waals surface area contributed by atoms with Crippen molar-refractivity contribution in [3.8, 4) is 0 Å². The average Bonchev–Trinajstić information content (AvgIpc) is 2.91. The van der Waals surface area contributed by atoms with Gasteiger partial charge in [-0.25, -0.2) is 0 Å². The quantitative estimate of drug-likeness (QED) is 0.816. The van der Waals surface area contributed by atoms with Crippen LogP contribution in [0.2, 0.25) is 5.02 Å². The van der Waals surface area contributed by atoms with E-state index in [1.807, 2.05) is 18.2 Å². The summed E-state index contributed by atoms with van der Waals surface area (Å²) in [7, 11) is 0. The third kappa shape index (κ3) is 3.22. The maximum absolute atomic E-state index is 12.3. The van der Waals surface area contributed by atoms with E-state index in [1.165, 1.54) is 0 Å². The molecule has 1 aliphatic rings. The normalized spacial score (nSPS) is 22.4. The van der Waals surface area contributed by atoms with Crippen LogP contribution in [0.3, 0.4) is 0 Å². The Morgan fingerprint density at radius 3 is 2.76 bits per heavy atom. The molecular formula is C16H19ClN2O2. The van der Waals surface area contributed by atoms with Crippen LogP contribution in [0.25, 0.3) is 10.9 Å². The lowest BCUT2D eigenvalue weighted by molar-refractivity contribution is 0.0910. The molecular weight excluding hydrogens is 288 g/mol. The average molecular weight is 307 g/mol. The van der Waals surface area contributed by atoms with E-state index < -0.39 is 0 Å². The molecule has 2 aromatic rings. The number of carbonyl (C=O) groups excluding carboxylic acids is 1. The van der Waals surface area contributed by atoms with Gasteiger partial charge in [-0.1, -0.05) is 11.6 Å². The lowest BCUT2D eigenvalue weighted by atomic mass is 9.86. The Bertz CT molecular complexity index is 645. The van der Waals surface area contributed by atoms with Crippen LogP contribution in [-0.4, -0.2) is 28.6 Å². The highest BCUT2D eigenvalue weighted by Gasteiger charge is 2.22. The first kappa shape index (κ1) is 14.4. The maximum atomic E-state index is 12.3. The maximum Gasteiger partial charge on any atom is 0.267 e. The van der Waals surface area contributed by atoms with Gasteiger partial charge in [0.25, 0.3) is 5.91 Å². The summed E-state index contributed by atoms with van der Waals surface area (Å²) in [5.41, 5.74) is 1.48. The number of H-pyrrole nitrogens is 1. The van der Waals surface area contributed by atoms with Crippen molar-refractivity contribution in [2.24, 2.45) is 5.92 Å². The third-order valence-corrected chi connectivity index (χ3v) is 4.50. The minimum Gasteiger partial charge on any atom is -0.396 e. The highest BCUT2D eigenvalue weighted by atomic mass is 35.5. The number of benzene rings is 1. The first-order valence-corrected chi connectivity index (χ1v) is 7.73. The highest BCUT2D eigenvalue weighted by Crippen LogP contribution is 2.24. The smallest absolute Gasteiger partial charge is 0.267 e. The van der Waals surface area contributed by atoms with Gasteiger partial charge in [0.2, 0.25) is 0 Å². The topological polar surface area (TPSA) is 65.1 Å². The number of amides is 1. The predicted molar refractivity (Wildman–Crippen MR) is 83.6 cm³/mol. The monoisotopic (exact) mass is 306 g/mol. The molecule has 1 heterocycles. The molecule has 5 heteroatoms. The van der Waals surface area contributed by atoms with Gasteiger partial charge in [0.05, 0.1) is 0 Å². The van der Waals surface area contributed by atoms with Crippen LogP contribution in [0.15, 0.2) is 24.3 Å². The zero-order valence-corrected chi connectivity index (χ0v) is 12.5. The summed E-state index contributed by atoms with van der Waals surface area (Å²) in [5, 5.41) is 13.8. The summed E-state index contributed by atoms with van der Waals surface area (Å²) in [6, 6.07) is 7.56. The molecule has 1 aromatic carbocycles. The first-order valence-electron chi connectivity index (χ1n) is 7.35. The van der Waals surface area contributed by atoms with Crippen LogP contribution in [0, 0.1) is 5.92 Å². The number of aliphatic hydroxyl groups excluding tert-OH is 1. The van der Waals surface area contributed by atoms with Crippen molar-refractivity contribution in [1.29, 1.82) is 0 Å². The highest BCUT2D eigenvalue weighted by molar-refractivity contribution is 6.31. The fraction of sp³-hybridized carbons (Fsp3) is 0.438. The fourth-order valence-corrected chi connectivity index (χ4v) is 3.16. The van der Waals surface area contributed by atoms with E-state index in [4.69, 9.17) is 16.7 Å². The largest absolute Gasteiger partial charge is 0.396 e. The van der Waals surface area contributed by atoms with E-state index in [0.29, 0.717) is 16.6 Å². The van der Waals surface area contributed by atoms with Gasteiger partial charge in [-0.05, 0) is 55.9 Å². The fourth-order valence-electron chi connectivity index (χ4n) is 2.98. The van der Waals surface area contributed by atoms with Crippen LogP contribution in [0.1, 0.15) is 36.2 Å². The van der Waals surface area contributed by atoms with Gasteiger partial charge in [-0.2, -0.15) is 0 Å². The van der Waals surface area contributed by atoms with E-state index in [1.54, 1.807) is 6.07 Å². The number of carbonyl (C=O) groups is 1. The van der Waals surface area contributed by atoms with Crippen molar-refractivity contribution in [2.45, 2.75) is 31.7 Å². The van der Waals surface area contributed by atoms with Crippen LogP contribution in [0.5, 0.6) is 0 Å². The minimum absolute atomic E-state index is 0.0743. The van der Waals surface area contributed by atoms with E-state index in [-0.39, 0.29) is 18.6 Å². The Balaban J connectivity index is 1.67. The van der Waals surface area contributed by atoms with Crippen molar-refractivity contribution in [1.82, 2.24) is 10.3 Å². The molecule has 0 radical (unpaired) electrons. The molecule has 3 rings (SSSR count). The second-order valence-corrected chi connectivity index (χ2v) is 6.22. The second kappa shape index (κ2) is 6.08. The lowest BCUT2D eigenvalue weighted by Gasteiger charge is -2.27. The summed E-state index contributed by atoms with van der Waals surface area (Å²) in [6.45, 7) is 0.253. The number of rotatable bonds is 3. The van der Waals surface area contributed by atoms with Gasteiger partial charge in [0.15, 0.2) is 0 Å². The molecule has 0 bridgehead atoms. The van der Waals surface area contributed by atoms with Crippen molar-refractivity contribution in [3.05, 3.63) is 35.0 Å². The number of aromatic nitrogens is 1. The van der Waals surface area contributed by atoms with Gasteiger partial charge >= 0.3 is 0 Å². The minimum atomic E-state index is -0.0743. The van der Waals surface area contributed by atoms with Gasteiger partial charge in [-0.15, -0.1) is 0 Å². The van der Waals surface area contributed by atoms with Crippen molar-refractivity contribution < 1.29 is 9.90 Å². The summed E-state index contributed by atoms with van der Waals surface area (Å²) in [6.07, 6.45) is 3.82. The Kier molecular flexibility index (Phi) is 4.17. The van der Waals surface area contributed by atoms with Gasteiger partial charge in [0.1, 0.15) is 5.69 Å². The Morgan fingerprint density at radius 1 is 1.29 bits per heavy atom. The molecule has 1 amide bonds. The number of halogens is 1. The van der Waals surface area contributed by atoms with E-state index in [9.17, 15) is 4.79 Å². The molecule has 1 aromatic heterocycles. The molecule has 0 aliphatic heterocycles. The van der Waals surface area contributed by atoms with E-state index >= 15 is 0 Å². The lowest BCUT2D eigenvalue weighted by Crippen LogP contribution is -2.38. The van der Waals surface area contributed by atoms with E-state index in [2.05, 4.69) is 10.3 Å². The predicted octanol–water partition coefficient (Wildman–Crippen LogP) is 3.10. The van der Waals surface area contributed by atoms with Crippen LogP contribution >= 0.6 is 11.6 Å². The number of aliphatic hydroxyl groups is 1. The van der Waals surface area contributed by atoms with Gasteiger partial charge < -0.3 is 15.4 Å². The molecule has 0 atom stereocenters. The molecule has 0 saturated heterocycles. The molecule has 0 unspecified atom stereocenters. The third-order valence-electron chi connectivity index (χ3n) is 4.27. The van der Waals surface area contributed by atoms with Crippen molar-refractivity contribution in [3.63, 3.8) is 0 Å². The summed E-state index contributed by atoms with van der Waals surface area (Å²) in [4.78, 5) is 15.4. The molecule has 1 saturated carbocycles. The van der Waals surface area contributed by atoms with E-state index in [0.717, 1.165) is 36.6 Å². The molecule has 21 heavy (non-hydrogen) atoms. The molecule has 4 nitrogen and oxygen atoms in total. The van der Waals surface area contributed by atoms with Gasteiger partial charge in [-0.3, -0.25) is 4.79 Å². The molecule has 3 N–H and O–H groups in total. The molecule has 1 fully saturated rings. The number of aromatic amines is 1. The van der Waals surface area contributed by atoms with Crippen LogP contribution < -0.4 is 5.32 Å². The zero-order valence-electron chi connectivity index (χ0n) is 11.7. The summed E-state index contributed by atoms with van der Waals surface area (Å²) in [5.74, 6) is 0.322. The second-order valence-electron chi connectivity index (χ2n) is 5.79. The Hall–Kier alpha value is -1.52. The van der Waals surface area contributed by atoms with Crippen LogP contribution in [0.4, 0.5) is 0 Å². The molecule has 1 aliphatic carbocycles. The standard InChI is InChI=1S/C16H19ClN2O2/c17-12-3-6-14-11(7-12)8-15(19-14)16(21)18-13-4-1-10(9-20)2-5-13/h3,6-8,10,13,19-20H,1-2,4-5,9H2,(H,18,21). The number of fused-ring (bicyclic) bond motifs is 1. The van der Waals surface area contributed by atoms with Crippen molar-refractivity contribution in [2.75, 3.05) is 6.61 Å².